The lowest BCUT2D eigenvalue weighted by Gasteiger charge is -2.10. The lowest BCUT2D eigenvalue weighted by Crippen LogP contribution is -2.17. The Morgan fingerprint density at radius 1 is 1.07 bits per heavy atom. The number of carbonyl (C=O) groups is 1. The molecule has 27 heavy (non-hydrogen) atoms. The van der Waals surface area contributed by atoms with Gasteiger partial charge in [-0.2, -0.15) is 5.10 Å². The van der Waals surface area contributed by atoms with E-state index in [1.54, 1.807) is 16.0 Å². The fraction of sp³-hybridized carbons (Fsp3) is 0.0476. The molecule has 0 fully saturated rings. The summed E-state index contributed by atoms with van der Waals surface area (Å²) in [7, 11) is 0. The number of carbonyl (C=O) groups excluding carboxylic acids is 1. The van der Waals surface area contributed by atoms with Gasteiger partial charge in [-0.25, -0.2) is 4.68 Å². The molecule has 2 heterocycles. The fourth-order valence-electron chi connectivity index (χ4n) is 2.81. The first-order valence-electron chi connectivity index (χ1n) is 8.39. The molecule has 4 rings (SSSR count). The summed E-state index contributed by atoms with van der Waals surface area (Å²) in [6, 6.07) is 21.3. The minimum absolute atomic E-state index is 0.195. The van der Waals surface area contributed by atoms with Gasteiger partial charge in [-0.3, -0.25) is 4.79 Å². The van der Waals surface area contributed by atoms with Crippen LogP contribution in [-0.4, -0.2) is 15.7 Å². The average Bonchev–Trinajstić information content (AvgIpc) is 3.34. The van der Waals surface area contributed by atoms with Crippen molar-refractivity contribution in [3.63, 3.8) is 0 Å². The number of hydrogen-bond donors (Lipinski definition) is 1. The molecule has 2 aromatic carbocycles. The van der Waals surface area contributed by atoms with Crippen LogP contribution < -0.4 is 5.32 Å². The van der Waals surface area contributed by atoms with Crippen molar-refractivity contribution in [2.75, 3.05) is 5.32 Å². The normalized spacial score (nSPS) is 10.7. The Kier molecular flexibility index (Phi) is 4.92. The van der Waals surface area contributed by atoms with Gasteiger partial charge in [0.15, 0.2) is 0 Å². The van der Waals surface area contributed by atoms with Crippen molar-refractivity contribution in [3.05, 3.63) is 87.8 Å². The largest absolute Gasteiger partial charge is 0.320 e. The van der Waals surface area contributed by atoms with E-state index in [-0.39, 0.29) is 5.91 Å². The number of anilines is 1. The number of benzene rings is 2. The van der Waals surface area contributed by atoms with Crippen LogP contribution in [0.2, 0.25) is 0 Å². The van der Waals surface area contributed by atoms with Gasteiger partial charge in [-0.15, -0.1) is 11.3 Å². The third-order valence-electron chi connectivity index (χ3n) is 4.15. The standard InChI is InChI=1S/C21H16BrN3OS/c1-14-12-15(22)9-10-17(14)23-21(26)19-13-18(20-8-5-11-27-20)24-25(19)16-6-3-2-4-7-16/h2-13H,1H3,(H,23,26). The van der Waals surface area contributed by atoms with Crippen LogP contribution in [0.15, 0.2) is 76.6 Å². The van der Waals surface area contributed by atoms with E-state index in [2.05, 4.69) is 26.3 Å². The minimum Gasteiger partial charge on any atom is -0.320 e. The zero-order valence-electron chi connectivity index (χ0n) is 14.5. The first-order valence-corrected chi connectivity index (χ1v) is 10.1. The van der Waals surface area contributed by atoms with E-state index in [4.69, 9.17) is 0 Å². The fourth-order valence-corrected chi connectivity index (χ4v) is 3.96. The molecule has 0 atom stereocenters. The maximum Gasteiger partial charge on any atom is 0.274 e. The summed E-state index contributed by atoms with van der Waals surface area (Å²) in [5, 5.41) is 9.69. The molecule has 2 aromatic heterocycles. The van der Waals surface area contributed by atoms with E-state index in [0.717, 1.165) is 32.0 Å². The number of aryl methyl sites for hydroxylation is 1. The molecule has 134 valence electrons. The zero-order chi connectivity index (χ0) is 18.8. The highest BCUT2D eigenvalue weighted by atomic mass is 79.9. The molecule has 0 unspecified atom stereocenters. The third-order valence-corrected chi connectivity index (χ3v) is 5.54. The van der Waals surface area contributed by atoms with Crippen LogP contribution in [0.1, 0.15) is 16.1 Å². The van der Waals surface area contributed by atoms with Crippen molar-refractivity contribution in [1.82, 2.24) is 9.78 Å². The predicted octanol–water partition coefficient (Wildman–Crippen LogP) is 5.92. The molecule has 0 saturated heterocycles. The van der Waals surface area contributed by atoms with Gasteiger partial charge in [0.05, 0.1) is 10.6 Å². The van der Waals surface area contributed by atoms with E-state index in [9.17, 15) is 4.79 Å². The van der Waals surface area contributed by atoms with E-state index < -0.39 is 0 Å². The topological polar surface area (TPSA) is 46.9 Å². The first-order chi connectivity index (χ1) is 13.1. The Balaban J connectivity index is 1.75. The molecule has 0 aliphatic carbocycles. The number of para-hydroxylation sites is 1. The molecular formula is C21H16BrN3OS. The summed E-state index contributed by atoms with van der Waals surface area (Å²) in [6.45, 7) is 1.96. The van der Waals surface area contributed by atoms with E-state index >= 15 is 0 Å². The van der Waals surface area contributed by atoms with Gasteiger partial charge >= 0.3 is 0 Å². The quantitative estimate of drug-likeness (QED) is 0.430. The van der Waals surface area contributed by atoms with Gasteiger partial charge in [0, 0.05) is 10.2 Å². The van der Waals surface area contributed by atoms with Crippen molar-refractivity contribution in [3.8, 4) is 16.3 Å². The van der Waals surface area contributed by atoms with Crippen molar-refractivity contribution >= 4 is 38.9 Å². The number of hydrogen-bond acceptors (Lipinski definition) is 3. The molecule has 0 saturated carbocycles. The third kappa shape index (κ3) is 3.72. The van der Waals surface area contributed by atoms with Gasteiger partial charge in [0.2, 0.25) is 0 Å². The molecule has 4 nitrogen and oxygen atoms in total. The van der Waals surface area contributed by atoms with Crippen molar-refractivity contribution in [2.45, 2.75) is 6.92 Å². The van der Waals surface area contributed by atoms with Gasteiger partial charge in [0.1, 0.15) is 11.4 Å². The molecule has 4 aromatic rings. The lowest BCUT2D eigenvalue weighted by atomic mass is 10.2. The molecule has 0 radical (unpaired) electrons. The number of halogens is 1. The summed E-state index contributed by atoms with van der Waals surface area (Å²) < 4.78 is 2.67. The number of amides is 1. The molecule has 0 spiro atoms. The molecule has 0 aliphatic heterocycles. The Labute approximate surface area is 169 Å². The smallest absolute Gasteiger partial charge is 0.274 e. The maximum absolute atomic E-state index is 13.0. The number of aromatic nitrogens is 2. The van der Waals surface area contributed by atoms with Gasteiger partial charge in [-0.05, 0) is 60.3 Å². The molecule has 1 N–H and O–H groups in total. The first kappa shape index (κ1) is 17.7. The van der Waals surface area contributed by atoms with E-state index in [1.807, 2.05) is 79.0 Å². The summed E-state index contributed by atoms with van der Waals surface area (Å²) in [6.07, 6.45) is 0. The highest BCUT2D eigenvalue weighted by Crippen LogP contribution is 2.27. The molecule has 0 aliphatic rings. The molecule has 1 amide bonds. The minimum atomic E-state index is -0.195. The van der Waals surface area contributed by atoms with Crippen LogP contribution >= 0.6 is 27.3 Å². The predicted molar refractivity (Wildman–Crippen MR) is 114 cm³/mol. The Hall–Kier alpha value is -2.70. The van der Waals surface area contributed by atoms with Crippen molar-refractivity contribution in [2.24, 2.45) is 0 Å². The molecular weight excluding hydrogens is 422 g/mol. The number of thiophene rings is 1. The van der Waals surface area contributed by atoms with E-state index in [1.165, 1.54) is 0 Å². The van der Waals surface area contributed by atoms with Crippen molar-refractivity contribution in [1.29, 1.82) is 0 Å². The second-order valence-electron chi connectivity index (χ2n) is 6.05. The van der Waals surface area contributed by atoms with Gasteiger partial charge in [-0.1, -0.05) is 40.2 Å². The van der Waals surface area contributed by atoms with Crippen LogP contribution in [0.4, 0.5) is 5.69 Å². The number of rotatable bonds is 4. The Morgan fingerprint density at radius 2 is 1.89 bits per heavy atom. The van der Waals surface area contributed by atoms with Crippen LogP contribution in [-0.2, 0) is 0 Å². The van der Waals surface area contributed by atoms with Crippen LogP contribution in [0.5, 0.6) is 0 Å². The Morgan fingerprint density at radius 3 is 2.59 bits per heavy atom. The van der Waals surface area contributed by atoms with Crippen molar-refractivity contribution < 1.29 is 4.79 Å². The zero-order valence-corrected chi connectivity index (χ0v) is 16.9. The summed E-state index contributed by atoms with van der Waals surface area (Å²) in [5.74, 6) is -0.195. The number of nitrogens with zero attached hydrogens (tertiary/aromatic N) is 2. The van der Waals surface area contributed by atoms with Crippen LogP contribution in [0, 0.1) is 6.92 Å². The highest BCUT2D eigenvalue weighted by Gasteiger charge is 2.18. The SMILES string of the molecule is Cc1cc(Br)ccc1NC(=O)c1cc(-c2cccs2)nn1-c1ccccc1. The second-order valence-corrected chi connectivity index (χ2v) is 7.92. The summed E-state index contributed by atoms with van der Waals surface area (Å²) in [5.41, 5.74) is 3.89. The van der Waals surface area contributed by atoms with Gasteiger partial charge in [0.25, 0.3) is 5.91 Å². The average molecular weight is 438 g/mol. The monoisotopic (exact) mass is 437 g/mol. The maximum atomic E-state index is 13.0. The molecule has 6 heteroatoms. The Bertz CT molecular complexity index is 1090. The van der Waals surface area contributed by atoms with Crippen LogP contribution in [0.3, 0.4) is 0 Å². The van der Waals surface area contributed by atoms with Crippen LogP contribution in [0.25, 0.3) is 16.3 Å². The summed E-state index contributed by atoms with van der Waals surface area (Å²) in [4.78, 5) is 14.1. The lowest BCUT2D eigenvalue weighted by molar-refractivity contribution is 0.101. The number of nitrogens with one attached hydrogen (secondary N) is 1. The van der Waals surface area contributed by atoms with Gasteiger partial charge < -0.3 is 5.32 Å². The summed E-state index contributed by atoms with van der Waals surface area (Å²) >= 11 is 5.05. The second kappa shape index (κ2) is 7.50. The van der Waals surface area contributed by atoms with E-state index in [0.29, 0.717) is 5.69 Å². The molecule has 0 bridgehead atoms. The highest BCUT2D eigenvalue weighted by molar-refractivity contribution is 9.10.